The van der Waals surface area contributed by atoms with Crippen molar-refractivity contribution in [2.45, 2.75) is 12.0 Å². The maximum Gasteiger partial charge on any atom is 0.352 e. The number of hydrogen-bond acceptors (Lipinski definition) is 4. The molecule has 1 aromatic carbocycles. The number of carbonyl (C=O) groups is 1. The van der Waals surface area contributed by atoms with Gasteiger partial charge in [-0.2, -0.15) is 0 Å². The highest BCUT2D eigenvalue weighted by Gasteiger charge is 2.46. The van der Waals surface area contributed by atoms with E-state index >= 15 is 0 Å². The van der Waals surface area contributed by atoms with E-state index in [9.17, 15) is 4.79 Å². The van der Waals surface area contributed by atoms with Gasteiger partial charge in [-0.05, 0) is 12.1 Å². The number of halogens is 2. The number of rotatable bonds is 3. The summed E-state index contributed by atoms with van der Waals surface area (Å²) in [4.78, 5) is 16.1. The van der Waals surface area contributed by atoms with Gasteiger partial charge in [0.05, 0.1) is 15.8 Å². The van der Waals surface area contributed by atoms with Crippen LogP contribution in [0.5, 0.6) is 0 Å². The molecule has 5 nitrogen and oxygen atoms in total. The van der Waals surface area contributed by atoms with Gasteiger partial charge < -0.3 is 15.7 Å². The quantitative estimate of drug-likeness (QED) is 0.890. The summed E-state index contributed by atoms with van der Waals surface area (Å²) in [5.41, 5.74) is 5.11. The molecule has 1 atom stereocenters. The van der Waals surface area contributed by atoms with Gasteiger partial charge in [-0.3, -0.25) is 0 Å². The Bertz CT molecular complexity index is 533. The molecule has 0 aromatic heterocycles. The lowest BCUT2D eigenvalue weighted by atomic mass is 9.94. The third-order valence-corrected chi connectivity index (χ3v) is 3.49. The zero-order valence-corrected chi connectivity index (χ0v) is 10.7. The Labute approximate surface area is 113 Å². The van der Waals surface area contributed by atoms with Crippen LogP contribution < -0.4 is 5.73 Å². The molecule has 0 bridgehead atoms. The molecule has 0 saturated carbocycles. The summed E-state index contributed by atoms with van der Waals surface area (Å²) in [6.45, 7) is -0.156. The molecule has 1 aliphatic heterocycles. The molecule has 0 fully saturated rings. The number of oxime groups is 1. The Morgan fingerprint density at radius 1 is 1.50 bits per heavy atom. The van der Waals surface area contributed by atoms with Crippen LogP contribution in [-0.4, -0.2) is 28.9 Å². The van der Waals surface area contributed by atoms with Crippen LogP contribution in [0.1, 0.15) is 12.0 Å². The first kappa shape index (κ1) is 13.1. The standard InChI is InChI=1S/C11H10Cl2N2O3/c12-7-2-1-6(3-8(7)13)9-4-11(5-14,10(16)17)18-15-9/h1-3H,4-5,14H2,(H,16,17). The van der Waals surface area contributed by atoms with Crippen LogP contribution in [0.15, 0.2) is 23.4 Å². The minimum absolute atomic E-state index is 0.0940. The topological polar surface area (TPSA) is 84.9 Å². The van der Waals surface area contributed by atoms with Crippen LogP contribution in [0.4, 0.5) is 0 Å². The van der Waals surface area contributed by atoms with Crippen molar-refractivity contribution in [2.24, 2.45) is 10.9 Å². The molecule has 7 heteroatoms. The SMILES string of the molecule is NCC1(C(=O)O)CC(c2ccc(Cl)c(Cl)c2)=NO1. The number of hydrogen-bond donors (Lipinski definition) is 2. The van der Waals surface area contributed by atoms with Crippen molar-refractivity contribution < 1.29 is 14.7 Å². The predicted molar refractivity (Wildman–Crippen MR) is 68.1 cm³/mol. The Kier molecular flexibility index (Phi) is 3.47. The van der Waals surface area contributed by atoms with Crippen molar-refractivity contribution in [3.05, 3.63) is 33.8 Å². The number of carboxylic acid groups (broad SMARTS) is 1. The second-order valence-corrected chi connectivity index (χ2v) is 4.75. The fourth-order valence-corrected chi connectivity index (χ4v) is 1.92. The average Bonchev–Trinajstić information content (AvgIpc) is 2.78. The molecule has 0 amide bonds. The van der Waals surface area contributed by atoms with Crippen LogP contribution in [0, 0.1) is 0 Å². The highest BCUT2D eigenvalue weighted by Crippen LogP contribution is 2.29. The van der Waals surface area contributed by atoms with Gasteiger partial charge in [0, 0.05) is 18.5 Å². The van der Waals surface area contributed by atoms with Gasteiger partial charge in [-0.1, -0.05) is 34.4 Å². The fourth-order valence-electron chi connectivity index (χ4n) is 1.62. The summed E-state index contributed by atoms with van der Waals surface area (Å²) in [5.74, 6) is -1.14. The van der Waals surface area contributed by atoms with E-state index in [4.69, 9.17) is 38.9 Å². The van der Waals surface area contributed by atoms with E-state index in [0.717, 1.165) is 0 Å². The molecule has 1 heterocycles. The molecular weight excluding hydrogens is 279 g/mol. The van der Waals surface area contributed by atoms with Crippen LogP contribution in [0.3, 0.4) is 0 Å². The first-order chi connectivity index (χ1) is 8.48. The first-order valence-electron chi connectivity index (χ1n) is 5.12. The van der Waals surface area contributed by atoms with E-state index < -0.39 is 11.6 Å². The number of nitrogens with two attached hydrogens (primary N) is 1. The van der Waals surface area contributed by atoms with Gasteiger partial charge in [-0.15, -0.1) is 0 Å². The highest BCUT2D eigenvalue weighted by molar-refractivity contribution is 6.42. The van der Waals surface area contributed by atoms with E-state index in [0.29, 0.717) is 21.3 Å². The second-order valence-electron chi connectivity index (χ2n) is 3.94. The molecule has 96 valence electrons. The number of carboxylic acids is 1. The second kappa shape index (κ2) is 4.76. The fraction of sp³-hybridized carbons (Fsp3) is 0.273. The summed E-state index contributed by atoms with van der Waals surface area (Å²) >= 11 is 11.7. The third-order valence-electron chi connectivity index (χ3n) is 2.76. The Balaban J connectivity index is 2.27. The zero-order chi connectivity index (χ0) is 13.3. The van der Waals surface area contributed by atoms with Crippen molar-refractivity contribution in [3.63, 3.8) is 0 Å². The third kappa shape index (κ3) is 2.16. The summed E-state index contributed by atoms with van der Waals surface area (Å²) < 4.78 is 0. The maximum absolute atomic E-state index is 11.1. The molecule has 1 unspecified atom stereocenters. The van der Waals surface area contributed by atoms with Gasteiger partial charge in [-0.25, -0.2) is 4.79 Å². The number of nitrogens with zero attached hydrogens (tertiary/aromatic N) is 1. The van der Waals surface area contributed by atoms with Gasteiger partial charge >= 0.3 is 5.97 Å². The summed E-state index contributed by atoms with van der Waals surface area (Å²) in [5, 5.41) is 13.7. The van der Waals surface area contributed by atoms with Crippen molar-refractivity contribution >= 4 is 34.9 Å². The lowest BCUT2D eigenvalue weighted by Gasteiger charge is -2.18. The van der Waals surface area contributed by atoms with Crippen molar-refractivity contribution in [1.82, 2.24) is 0 Å². The van der Waals surface area contributed by atoms with E-state index in [2.05, 4.69) is 5.16 Å². The molecule has 3 N–H and O–H groups in total. The number of aliphatic carboxylic acids is 1. The molecule has 0 aliphatic carbocycles. The lowest BCUT2D eigenvalue weighted by Crippen LogP contribution is -2.45. The Morgan fingerprint density at radius 2 is 2.22 bits per heavy atom. The molecule has 0 radical (unpaired) electrons. The number of benzene rings is 1. The minimum Gasteiger partial charge on any atom is -0.478 e. The lowest BCUT2D eigenvalue weighted by molar-refractivity contribution is -0.161. The molecule has 2 rings (SSSR count). The minimum atomic E-state index is -1.48. The zero-order valence-electron chi connectivity index (χ0n) is 9.19. The maximum atomic E-state index is 11.1. The van der Waals surface area contributed by atoms with E-state index in [-0.39, 0.29) is 13.0 Å². The molecule has 1 aromatic rings. The van der Waals surface area contributed by atoms with Gasteiger partial charge in [0.1, 0.15) is 0 Å². The normalized spacial score (nSPS) is 22.5. The molecule has 0 saturated heterocycles. The molecular formula is C11H10Cl2N2O3. The van der Waals surface area contributed by atoms with Crippen LogP contribution in [0.2, 0.25) is 10.0 Å². The van der Waals surface area contributed by atoms with Gasteiger partial charge in [0.25, 0.3) is 5.60 Å². The van der Waals surface area contributed by atoms with Crippen LogP contribution in [-0.2, 0) is 9.63 Å². The Hall–Kier alpha value is -1.30. The summed E-state index contributed by atoms with van der Waals surface area (Å²) in [6, 6.07) is 4.93. The van der Waals surface area contributed by atoms with Gasteiger partial charge in [0.2, 0.25) is 0 Å². The molecule has 18 heavy (non-hydrogen) atoms. The monoisotopic (exact) mass is 288 g/mol. The van der Waals surface area contributed by atoms with Crippen molar-refractivity contribution in [2.75, 3.05) is 6.54 Å². The van der Waals surface area contributed by atoms with E-state index in [1.807, 2.05) is 0 Å². The molecule has 1 aliphatic rings. The average molecular weight is 289 g/mol. The smallest absolute Gasteiger partial charge is 0.352 e. The largest absolute Gasteiger partial charge is 0.478 e. The molecule has 0 spiro atoms. The Morgan fingerprint density at radius 3 is 2.72 bits per heavy atom. The van der Waals surface area contributed by atoms with Crippen LogP contribution in [0.25, 0.3) is 0 Å². The predicted octanol–water partition coefficient (Wildman–Crippen LogP) is 1.90. The summed E-state index contributed by atoms with van der Waals surface area (Å²) in [7, 11) is 0. The van der Waals surface area contributed by atoms with Crippen molar-refractivity contribution in [3.8, 4) is 0 Å². The van der Waals surface area contributed by atoms with E-state index in [1.165, 1.54) is 0 Å². The van der Waals surface area contributed by atoms with Crippen molar-refractivity contribution in [1.29, 1.82) is 0 Å². The summed E-state index contributed by atoms with van der Waals surface area (Å²) in [6.07, 6.45) is 0.0940. The van der Waals surface area contributed by atoms with E-state index in [1.54, 1.807) is 18.2 Å². The first-order valence-corrected chi connectivity index (χ1v) is 5.88. The van der Waals surface area contributed by atoms with Gasteiger partial charge in [0.15, 0.2) is 0 Å². The van der Waals surface area contributed by atoms with Crippen LogP contribution >= 0.6 is 23.2 Å². The highest BCUT2D eigenvalue weighted by atomic mass is 35.5.